The van der Waals surface area contributed by atoms with Crippen molar-refractivity contribution in [2.45, 2.75) is 19.4 Å². The third-order valence-electron chi connectivity index (χ3n) is 2.43. The molecule has 0 saturated heterocycles. The highest BCUT2D eigenvalue weighted by molar-refractivity contribution is 7.10. The van der Waals surface area contributed by atoms with E-state index in [9.17, 15) is 9.59 Å². The number of nitrogens with zero attached hydrogens (tertiary/aromatic N) is 1. The van der Waals surface area contributed by atoms with E-state index in [1.165, 1.54) is 18.3 Å². The van der Waals surface area contributed by atoms with Crippen molar-refractivity contribution in [3.05, 3.63) is 34.7 Å². The lowest BCUT2D eigenvalue weighted by atomic mass is 10.1. The van der Waals surface area contributed by atoms with E-state index in [2.05, 4.69) is 20.8 Å². The van der Waals surface area contributed by atoms with Gasteiger partial charge in [-0.2, -0.15) is 5.10 Å². The summed E-state index contributed by atoms with van der Waals surface area (Å²) in [5.41, 5.74) is 0. The highest BCUT2D eigenvalue weighted by atomic mass is 32.1. The van der Waals surface area contributed by atoms with Crippen LogP contribution in [0.1, 0.15) is 24.3 Å². The number of H-pyrrole nitrogens is 1. The summed E-state index contributed by atoms with van der Waals surface area (Å²) in [7, 11) is 0. The van der Waals surface area contributed by atoms with Crippen molar-refractivity contribution < 1.29 is 9.59 Å². The Labute approximate surface area is 114 Å². The average molecular weight is 278 g/mol. The monoisotopic (exact) mass is 278 g/mol. The van der Waals surface area contributed by atoms with Crippen molar-refractivity contribution in [1.29, 1.82) is 0 Å². The van der Waals surface area contributed by atoms with E-state index in [1.54, 1.807) is 12.3 Å². The first-order valence-electron chi connectivity index (χ1n) is 5.75. The van der Waals surface area contributed by atoms with Gasteiger partial charge in [0.1, 0.15) is 5.82 Å². The van der Waals surface area contributed by atoms with Gasteiger partial charge in [-0.25, -0.2) is 0 Å². The van der Waals surface area contributed by atoms with Crippen molar-refractivity contribution in [2.24, 2.45) is 0 Å². The summed E-state index contributed by atoms with van der Waals surface area (Å²) in [6.45, 7) is 1.44. The number of hydrogen-bond acceptors (Lipinski definition) is 4. The Morgan fingerprint density at radius 3 is 2.89 bits per heavy atom. The lowest BCUT2D eigenvalue weighted by molar-refractivity contribution is -0.120. The average Bonchev–Trinajstić information content (AvgIpc) is 2.99. The minimum absolute atomic E-state index is 0.159. The second kappa shape index (κ2) is 6.14. The van der Waals surface area contributed by atoms with Gasteiger partial charge in [-0.1, -0.05) is 6.07 Å². The molecule has 100 valence electrons. The van der Waals surface area contributed by atoms with E-state index in [0.29, 0.717) is 5.82 Å². The molecule has 2 aromatic rings. The molecule has 0 aliphatic rings. The van der Waals surface area contributed by atoms with Gasteiger partial charge in [0, 0.05) is 17.9 Å². The molecule has 2 aromatic heterocycles. The summed E-state index contributed by atoms with van der Waals surface area (Å²) in [5, 5.41) is 13.8. The molecule has 6 nitrogen and oxygen atoms in total. The summed E-state index contributed by atoms with van der Waals surface area (Å²) in [6, 6.07) is 5.15. The van der Waals surface area contributed by atoms with Gasteiger partial charge in [0.2, 0.25) is 11.8 Å². The Hall–Kier alpha value is -2.15. The van der Waals surface area contributed by atoms with Crippen LogP contribution in [0.5, 0.6) is 0 Å². The van der Waals surface area contributed by atoms with E-state index in [-0.39, 0.29) is 24.3 Å². The fraction of sp³-hybridized carbons (Fsp3) is 0.250. The number of thiophene rings is 1. The molecular formula is C12H14N4O2S. The van der Waals surface area contributed by atoms with E-state index in [1.807, 2.05) is 17.5 Å². The van der Waals surface area contributed by atoms with E-state index in [4.69, 9.17) is 0 Å². The molecule has 0 spiro atoms. The molecule has 0 bridgehead atoms. The van der Waals surface area contributed by atoms with E-state index < -0.39 is 0 Å². The maximum absolute atomic E-state index is 11.9. The van der Waals surface area contributed by atoms with Gasteiger partial charge < -0.3 is 10.6 Å². The lowest BCUT2D eigenvalue weighted by Crippen LogP contribution is -2.29. The zero-order chi connectivity index (χ0) is 13.7. The van der Waals surface area contributed by atoms with Crippen LogP contribution in [-0.2, 0) is 9.59 Å². The molecule has 1 unspecified atom stereocenters. The van der Waals surface area contributed by atoms with Crippen LogP contribution in [0, 0.1) is 0 Å². The van der Waals surface area contributed by atoms with Crippen LogP contribution in [0.15, 0.2) is 29.8 Å². The van der Waals surface area contributed by atoms with Crippen LogP contribution in [0.25, 0.3) is 0 Å². The highest BCUT2D eigenvalue weighted by Gasteiger charge is 2.18. The maximum atomic E-state index is 11.9. The lowest BCUT2D eigenvalue weighted by Gasteiger charge is -2.15. The van der Waals surface area contributed by atoms with Crippen LogP contribution >= 0.6 is 11.3 Å². The summed E-state index contributed by atoms with van der Waals surface area (Å²) in [6.07, 6.45) is 1.74. The quantitative estimate of drug-likeness (QED) is 0.777. The molecule has 3 N–H and O–H groups in total. The summed E-state index contributed by atoms with van der Waals surface area (Å²) >= 11 is 1.51. The highest BCUT2D eigenvalue weighted by Crippen LogP contribution is 2.22. The number of rotatable bonds is 5. The molecule has 19 heavy (non-hydrogen) atoms. The normalized spacial score (nSPS) is 11.8. The minimum atomic E-state index is -0.305. The number of carbonyl (C=O) groups excluding carboxylic acids is 2. The largest absolute Gasteiger partial charge is 0.348 e. The third-order valence-corrected chi connectivity index (χ3v) is 3.41. The molecule has 2 heterocycles. The standard InChI is InChI=1S/C12H14N4O2S/c1-8(17)14-9(10-3-2-6-19-10)7-12(18)15-11-4-5-13-16-11/h2-6,9H,7H2,1H3,(H,14,17)(H2,13,15,16,18). The number of nitrogens with one attached hydrogen (secondary N) is 3. The van der Waals surface area contributed by atoms with E-state index in [0.717, 1.165) is 4.88 Å². The molecule has 0 fully saturated rings. The first-order chi connectivity index (χ1) is 9.15. The van der Waals surface area contributed by atoms with E-state index >= 15 is 0 Å². The van der Waals surface area contributed by atoms with Gasteiger partial charge in [0.25, 0.3) is 0 Å². The van der Waals surface area contributed by atoms with Crippen molar-refractivity contribution in [3.63, 3.8) is 0 Å². The Kier molecular flexibility index (Phi) is 4.30. The Bertz CT molecular complexity index is 536. The predicted octanol–water partition coefficient (Wildman–Crippen LogP) is 1.68. The Morgan fingerprint density at radius 2 is 2.32 bits per heavy atom. The third kappa shape index (κ3) is 3.92. The molecule has 2 amide bonds. The number of hydrogen-bond donors (Lipinski definition) is 3. The second-order valence-corrected chi connectivity index (χ2v) is 4.97. The van der Waals surface area contributed by atoms with Gasteiger partial charge in [0.15, 0.2) is 0 Å². The predicted molar refractivity (Wildman–Crippen MR) is 72.7 cm³/mol. The number of aromatic amines is 1. The zero-order valence-corrected chi connectivity index (χ0v) is 11.2. The number of carbonyl (C=O) groups is 2. The second-order valence-electron chi connectivity index (χ2n) is 3.99. The first-order valence-corrected chi connectivity index (χ1v) is 6.63. The van der Waals surface area contributed by atoms with Crippen molar-refractivity contribution >= 4 is 29.0 Å². The number of amides is 2. The summed E-state index contributed by atoms with van der Waals surface area (Å²) in [4.78, 5) is 24.0. The molecule has 0 saturated carbocycles. The maximum Gasteiger partial charge on any atom is 0.227 e. The molecular weight excluding hydrogens is 264 g/mol. The van der Waals surface area contributed by atoms with Gasteiger partial charge in [0.05, 0.1) is 18.7 Å². The van der Waals surface area contributed by atoms with Gasteiger partial charge in [-0.15, -0.1) is 11.3 Å². The fourth-order valence-electron chi connectivity index (χ4n) is 1.67. The van der Waals surface area contributed by atoms with Gasteiger partial charge in [-0.05, 0) is 11.4 Å². The molecule has 2 rings (SSSR count). The van der Waals surface area contributed by atoms with Crippen LogP contribution < -0.4 is 10.6 Å². The van der Waals surface area contributed by atoms with Crippen molar-refractivity contribution in [2.75, 3.05) is 5.32 Å². The Morgan fingerprint density at radius 1 is 1.47 bits per heavy atom. The number of aromatic nitrogens is 2. The van der Waals surface area contributed by atoms with Gasteiger partial charge in [-0.3, -0.25) is 14.7 Å². The molecule has 0 aliphatic heterocycles. The van der Waals surface area contributed by atoms with Crippen LogP contribution in [0.4, 0.5) is 5.82 Å². The summed E-state index contributed by atoms with van der Waals surface area (Å²) in [5.74, 6) is 0.196. The first kappa shape index (κ1) is 13.3. The van der Waals surface area contributed by atoms with Crippen LogP contribution in [-0.4, -0.2) is 22.0 Å². The van der Waals surface area contributed by atoms with Crippen molar-refractivity contribution in [1.82, 2.24) is 15.5 Å². The summed E-state index contributed by atoms with van der Waals surface area (Å²) < 4.78 is 0. The Balaban J connectivity index is 1.99. The number of anilines is 1. The molecule has 0 aliphatic carbocycles. The molecule has 0 aromatic carbocycles. The van der Waals surface area contributed by atoms with Crippen molar-refractivity contribution in [3.8, 4) is 0 Å². The smallest absolute Gasteiger partial charge is 0.227 e. The topological polar surface area (TPSA) is 86.9 Å². The van der Waals surface area contributed by atoms with Crippen LogP contribution in [0.3, 0.4) is 0 Å². The minimum Gasteiger partial charge on any atom is -0.348 e. The fourth-order valence-corrected chi connectivity index (χ4v) is 2.45. The molecule has 1 atom stereocenters. The van der Waals surface area contributed by atoms with Gasteiger partial charge >= 0.3 is 0 Å². The zero-order valence-electron chi connectivity index (χ0n) is 10.3. The molecule has 0 radical (unpaired) electrons. The van der Waals surface area contributed by atoms with Crippen LogP contribution in [0.2, 0.25) is 0 Å². The SMILES string of the molecule is CC(=O)NC(CC(=O)Nc1ccn[nH]1)c1cccs1. The molecule has 7 heteroatoms.